The minimum absolute atomic E-state index is 0.0870. The van der Waals surface area contributed by atoms with Gasteiger partial charge in [0, 0.05) is 17.9 Å². The SMILES string of the molecule is Cc1ccc2cc1CN1CC(Oc3ccccc3S1(=O)=O)N1[N-]N(C)c3ccc(c(C)c31)C2O. The molecule has 3 unspecified atom stereocenters. The number of rotatable bonds is 0. The topological polar surface area (TPSA) is 87.4 Å². The summed E-state index contributed by atoms with van der Waals surface area (Å²) in [6.07, 6.45) is -1.56. The van der Waals surface area contributed by atoms with Crippen molar-refractivity contribution in [2.45, 2.75) is 37.6 Å². The van der Waals surface area contributed by atoms with E-state index in [9.17, 15) is 13.5 Å². The Morgan fingerprint density at radius 2 is 1.88 bits per heavy atom. The van der Waals surface area contributed by atoms with E-state index < -0.39 is 22.4 Å². The van der Waals surface area contributed by atoms with Gasteiger partial charge in [-0.05, 0) is 66.9 Å². The highest BCUT2D eigenvalue weighted by Crippen LogP contribution is 2.47. The van der Waals surface area contributed by atoms with Crippen molar-refractivity contribution in [3.8, 4) is 5.75 Å². The van der Waals surface area contributed by atoms with Crippen LogP contribution in [-0.4, -0.2) is 37.6 Å². The van der Waals surface area contributed by atoms with Gasteiger partial charge in [0.2, 0.25) is 10.0 Å². The lowest BCUT2D eigenvalue weighted by molar-refractivity contribution is 0.174. The van der Waals surface area contributed by atoms with Crippen molar-refractivity contribution in [2.75, 3.05) is 23.6 Å². The molecule has 3 atom stereocenters. The number of aliphatic hydroxyl groups excluding tert-OH is 1. The first-order valence-electron chi connectivity index (χ1n) is 11.2. The van der Waals surface area contributed by atoms with Crippen LogP contribution in [0.15, 0.2) is 59.5 Å². The fraction of sp³-hybridized carbons (Fsp3) is 0.280. The van der Waals surface area contributed by atoms with Crippen LogP contribution in [-0.2, 0) is 16.6 Å². The second-order valence-corrected chi connectivity index (χ2v) is 10.9. The fourth-order valence-electron chi connectivity index (χ4n) is 5.02. The van der Waals surface area contributed by atoms with E-state index >= 15 is 0 Å². The maximum absolute atomic E-state index is 13.8. The number of hydrogen-bond acceptors (Lipinski definition) is 6. The quantitative estimate of drug-likeness (QED) is 0.530. The zero-order valence-electron chi connectivity index (χ0n) is 19.1. The van der Waals surface area contributed by atoms with Gasteiger partial charge in [-0.3, -0.25) is 0 Å². The van der Waals surface area contributed by atoms with Gasteiger partial charge < -0.3 is 25.4 Å². The van der Waals surface area contributed by atoms with E-state index in [0.717, 1.165) is 39.2 Å². The van der Waals surface area contributed by atoms with Gasteiger partial charge in [0.05, 0.1) is 6.54 Å². The summed E-state index contributed by atoms with van der Waals surface area (Å²) in [4.78, 5) is 0.138. The van der Waals surface area contributed by atoms with Crippen molar-refractivity contribution in [1.82, 2.24) is 4.31 Å². The molecule has 3 aromatic rings. The Labute approximate surface area is 199 Å². The molecule has 9 heteroatoms. The van der Waals surface area contributed by atoms with Crippen LogP contribution in [0.25, 0.3) is 5.53 Å². The van der Waals surface area contributed by atoms with Gasteiger partial charge in [0.25, 0.3) is 0 Å². The standard InChI is InChI=1S/C25H25N4O4S/c1-15-8-9-17-12-18(15)13-28-14-23(33-21-6-4-5-7-22(21)34(28,31)32)29-24-16(2)19(25(17)30)10-11-20(24)27(3)26-29/h4-12,23,25,30H,13-14H2,1-3H3/q-1. The number of aryl methyl sites for hydroxylation is 1. The highest BCUT2D eigenvalue weighted by Gasteiger charge is 2.38. The smallest absolute Gasteiger partial charge is 0.247 e. The summed E-state index contributed by atoms with van der Waals surface area (Å²) in [7, 11) is -2.00. The Hall–Kier alpha value is -3.11. The Kier molecular flexibility index (Phi) is 4.69. The predicted molar refractivity (Wildman–Crippen MR) is 129 cm³/mol. The molecule has 0 radical (unpaired) electrons. The number of para-hydroxylation sites is 1. The number of nitrogens with zero attached hydrogens (tertiary/aromatic N) is 4. The van der Waals surface area contributed by atoms with Crippen LogP contribution in [0.4, 0.5) is 11.4 Å². The van der Waals surface area contributed by atoms with E-state index in [1.54, 1.807) is 34.3 Å². The molecule has 3 heterocycles. The van der Waals surface area contributed by atoms with Crippen molar-refractivity contribution in [1.29, 1.82) is 0 Å². The van der Waals surface area contributed by atoms with Crippen molar-refractivity contribution < 1.29 is 18.3 Å². The average molecular weight is 478 g/mol. The second kappa shape index (κ2) is 7.44. The lowest BCUT2D eigenvalue weighted by Crippen LogP contribution is -2.45. The summed E-state index contributed by atoms with van der Waals surface area (Å²) in [6.45, 7) is 4.15. The van der Waals surface area contributed by atoms with Crippen LogP contribution in [0.2, 0.25) is 0 Å². The third-order valence-electron chi connectivity index (χ3n) is 6.95. The third-order valence-corrected chi connectivity index (χ3v) is 8.80. The van der Waals surface area contributed by atoms with E-state index in [1.165, 1.54) is 4.31 Å². The number of aliphatic hydroxyl groups is 1. The summed E-state index contributed by atoms with van der Waals surface area (Å²) in [5.41, 5.74) is 10.5. The van der Waals surface area contributed by atoms with E-state index in [4.69, 9.17) is 10.3 Å². The molecule has 3 aromatic carbocycles. The summed E-state index contributed by atoms with van der Waals surface area (Å²) in [5, 5.41) is 14.8. The average Bonchev–Trinajstić information content (AvgIpc) is 3.10. The normalized spacial score (nSPS) is 24.4. The molecule has 0 saturated heterocycles. The first-order chi connectivity index (χ1) is 16.3. The zero-order valence-corrected chi connectivity index (χ0v) is 20.0. The van der Waals surface area contributed by atoms with Crippen molar-refractivity contribution in [3.05, 3.63) is 87.9 Å². The molecule has 176 valence electrons. The van der Waals surface area contributed by atoms with Gasteiger partial charge in [0.15, 0.2) is 6.23 Å². The van der Waals surface area contributed by atoms with E-state index in [0.29, 0.717) is 5.75 Å². The molecular formula is C25H25N4O4S-. The van der Waals surface area contributed by atoms with Gasteiger partial charge in [-0.2, -0.15) is 4.31 Å². The second-order valence-electron chi connectivity index (χ2n) is 9.01. The number of fused-ring (bicyclic) bond motifs is 7. The number of benzene rings is 3. The molecule has 1 N–H and O–H groups in total. The minimum atomic E-state index is -3.84. The van der Waals surface area contributed by atoms with Crippen LogP contribution < -0.4 is 14.8 Å². The monoisotopic (exact) mass is 477 g/mol. The molecule has 0 fully saturated rings. The molecule has 0 spiro atoms. The van der Waals surface area contributed by atoms with Crippen LogP contribution in [0.3, 0.4) is 0 Å². The molecule has 0 saturated carbocycles. The van der Waals surface area contributed by atoms with E-state index in [1.807, 2.05) is 51.2 Å². The van der Waals surface area contributed by atoms with Crippen LogP contribution in [0.1, 0.15) is 33.9 Å². The Balaban J connectivity index is 1.64. The maximum Gasteiger partial charge on any atom is 0.247 e. The lowest BCUT2D eigenvalue weighted by atomic mass is 9.93. The molecule has 3 aliphatic rings. The van der Waals surface area contributed by atoms with Gasteiger partial charge in [-0.25, -0.2) is 8.42 Å². The number of sulfonamides is 1. The third kappa shape index (κ3) is 3.05. The highest BCUT2D eigenvalue weighted by molar-refractivity contribution is 7.89. The van der Waals surface area contributed by atoms with Gasteiger partial charge in [-0.1, -0.05) is 36.4 Å². The molecule has 0 aliphatic carbocycles. The first-order valence-corrected chi connectivity index (χ1v) is 12.6. The van der Waals surface area contributed by atoms with Crippen molar-refractivity contribution in [3.63, 3.8) is 0 Å². The Morgan fingerprint density at radius 1 is 1.09 bits per heavy atom. The van der Waals surface area contributed by atoms with E-state index in [-0.39, 0.29) is 18.0 Å². The Morgan fingerprint density at radius 3 is 2.71 bits per heavy atom. The lowest BCUT2D eigenvalue weighted by Gasteiger charge is -2.42. The van der Waals surface area contributed by atoms with Crippen molar-refractivity contribution >= 4 is 21.4 Å². The summed E-state index contributed by atoms with van der Waals surface area (Å²) >= 11 is 0. The molecule has 34 heavy (non-hydrogen) atoms. The van der Waals surface area contributed by atoms with Crippen LogP contribution in [0, 0.1) is 13.8 Å². The minimum Gasteiger partial charge on any atom is -0.472 e. The maximum atomic E-state index is 13.8. The first kappa shape index (κ1) is 21.4. The number of hydrogen-bond donors (Lipinski definition) is 1. The Bertz CT molecular complexity index is 1420. The molecule has 8 nitrogen and oxygen atoms in total. The molecule has 6 bridgehead atoms. The number of ether oxygens (including phenoxy) is 1. The van der Waals surface area contributed by atoms with Crippen LogP contribution in [0.5, 0.6) is 5.75 Å². The molecule has 0 aromatic heterocycles. The molecule has 6 rings (SSSR count). The molecular weight excluding hydrogens is 452 g/mol. The number of anilines is 2. The van der Waals surface area contributed by atoms with Gasteiger partial charge >= 0.3 is 0 Å². The van der Waals surface area contributed by atoms with Crippen LogP contribution >= 0.6 is 0 Å². The van der Waals surface area contributed by atoms with Gasteiger partial charge in [-0.15, -0.1) is 0 Å². The van der Waals surface area contributed by atoms with E-state index in [2.05, 4.69) is 0 Å². The molecule has 3 aliphatic heterocycles. The summed E-state index contributed by atoms with van der Waals surface area (Å²) in [6, 6.07) is 16.3. The fourth-order valence-corrected chi connectivity index (χ4v) is 6.55. The largest absolute Gasteiger partial charge is 0.472 e. The van der Waals surface area contributed by atoms with Crippen molar-refractivity contribution in [2.24, 2.45) is 0 Å². The summed E-state index contributed by atoms with van der Waals surface area (Å²) < 4.78 is 35.3. The van der Waals surface area contributed by atoms with Gasteiger partial charge in [0.1, 0.15) is 16.7 Å². The molecule has 0 amide bonds. The highest BCUT2D eigenvalue weighted by atomic mass is 32.2. The zero-order chi connectivity index (χ0) is 23.8. The predicted octanol–water partition coefficient (Wildman–Crippen LogP) is 3.77. The summed E-state index contributed by atoms with van der Waals surface area (Å²) in [5.74, 6) is 0.301.